The molecule has 0 unspecified atom stereocenters. The molecule has 1 N–H and O–H groups in total. The third kappa shape index (κ3) is 2.20. The molecule has 5 nitrogen and oxygen atoms in total. The summed E-state index contributed by atoms with van der Waals surface area (Å²) in [7, 11) is 0. The molecule has 20 heavy (non-hydrogen) atoms. The Kier molecular flexibility index (Phi) is 2.86. The molecule has 2 aromatic heterocycles. The van der Waals surface area contributed by atoms with E-state index in [1.807, 2.05) is 0 Å². The number of aromatic amines is 1. The van der Waals surface area contributed by atoms with Gasteiger partial charge in [0.1, 0.15) is 5.82 Å². The van der Waals surface area contributed by atoms with Crippen LogP contribution in [0.2, 0.25) is 0 Å². The Morgan fingerprint density at radius 1 is 1.15 bits per heavy atom. The molecule has 0 amide bonds. The van der Waals surface area contributed by atoms with Gasteiger partial charge in [-0.05, 0) is 18.2 Å². The lowest BCUT2D eigenvalue weighted by molar-refractivity contribution is 0.425. The SMILES string of the molecule is O=c1[nH]ncc2nc(Oc3ccc(F)cc3F)ccc12. The number of nitrogens with zero attached hydrogens (tertiary/aromatic N) is 2. The zero-order valence-electron chi connectivity index (χ0n) is 9.93. The zero-order valence-corrected chi connectivity index (χ0v) is 9.93. The Balaban J connectivity index is 2.01. The number of aromatic nitrogens is 3. The van der Waals surface area contributed by atoms with E-state index in [0.717, 1.165) is 12.1 Å². The molecule has 0 atom stereocenters. The van der Waals surface area contributed by atoms with Gasteiger partial charge in [0.2, 0.25) is 5.88 Å². The van der Waals surface area contributed by atoms with Crippen LogP contribution < -0.4 is 10.3 Å². The van der Waals surface area contributed by atoms with E-state index in [0.29, 0.717) is 17.0 Å². The second kappa shape index (κ2) is 4.69. The maximum Gasteiger partial charge on any atom is 0.273 e. The van der Waals surface area contributed by atoms with E-state index < -0.39 is 11.6 Å². The first-order chi connectivity index (χ1) is 9.63. The van der Waals surface area contributed by atoms with Crippen LogP contribution in [0.4, 0.5) is 8.78 Å². The van der Waals surface area contributed by atoms with Crippen LogP contribution in [0.15, 0.2) is 41.3 Å². The van der Waals surface area contributed by atoms with Gasteiger partial charge >= 0.3 is 0 Å². The number of fused-ring (bicyclic) bond motifs is 1. The van der Waals surface area contributed by atoms with Crippen molar-refractivity contribution in [2.24, 2.45) is 0 Å². The van der Waals surface area contributed by atoms with Crippen molar-refractivity contribution in [3.05, 3.63) is 58.5 Å². The van der Waals surface area contributed by atoms with Crippen LogP contribution in [0.25, 0.3) is 10.9 Å². The molecule has 1 aromatic carbocycles. The minimum Gasteiger partial charge on any atom is -0.436 e. The molecular weight excluding hydrogens is 268 g/mol. The van der Waals surface area contributed by atoms with E-state index in [-0.39, 0.29) is 17.2 Å². The summed E-state index contributed by atoms with van der Waals surface area (Å²) in [5.41, 5.74) is -0.0664. The Labute approximate surface area is 110 Å². The fourth-order valence-corrected chi connectivity index (χ4v) is 1.69. The summed E-state index contributed by atoms with van der Waals surface area (Å²) in [4.78, 5) is 15.5. The third-order valence-corrected chi connectivity index (χ3v) is 2.61. The van der Waals surface area contributed by atoms with Gasteiger partial charge in [0, 0.05) is 12.1 Å². The van der Waals surface area contributed by atoms with Crippen LogP contribution in [0.5, 0.6) is 11.6 Å². The number of benzene rings is 1. The first kappa shape index (κ1) is 12.2. The average molecular weight is 275 g/mol. The molecule has 0 bridgehead atoms. The van der Waals surface area contributed by atoms with E-state index in [9.17, 15) is 13.6 Å². The second-order valence-electron chi connectivity index (χ2n) is 3.96. The molecule has 3 rings (SSSR count). The standard InChI is InChI=1S/C13H7F2N3O2/c14-7-1-3-11(9(15)5-7)20-12-4-2-8-10(17-12)6-16-18-13(8)19/h1-6H,(H,18,19). The number of nitrogens with one attached hydrogen (secondary N) is 1. The van der Waals surface area contributed by atoms with E-state index in [1.54, 1.807) is 0 Å². The molecule has 7 heteroatoms. The molecule has 0 fully saturated rings. The first-order valence-corrected chi connectivity index (χ1v) is 5.61. The fourth-order valence-electron chi connectivity index (χ4n) is 1.69. The molecule has 0 aliphatic rings. The molecule has 3 aromatic rings. The van der Waals surface area contributed by atoms with Gasteiger partial charge in [-0.25, -0.2) is 18.9 Å². The molecule has 0 aliphatic heterocycles. The number of hydrogen-bond donors (Lipinski definition) is 1. The molecule has 0 saturated carbocycles. The summed E-state index contributed by atoms with van der Waals surface area (Å²) in [6.07, 6.45) is 1.35. The van der Waals surface area contributed by atoms with Gasteiger partial charge in [0.25, 0.3) is 5.56 Å². The van der Waals surface area contributed by atoms with Crippen LogP contribution in [0, 0.1) is 11.6 Å². The molecule has 100 valence electrons. The Hall–Kier alpha value is -2.83. The highest BCUT2D eigenvalue weighted by molar-refractivity contribution is 5.76. The maximum atomic E-state index is 13.5. The highest BCUT2D eigenvalue weighted by Gasteiger charge is 2.08. The van der Waals surface area contributed by atoms with E-state index >= 15 is 0 Å². The summed E-state index contributed by atoms with van der Waals surface area (Å²) >= 11 is 0. The van der Waals surface area contributed by atoms with Crippen molar-refractivity contribution >= 4 is 10.9 Å². The predicted molar refractivity (Wildman–Crippen MR) is 66.6 cm³/mol. The summed E-state index contributed by atoms with van der Waals surface area (Å²) < 4.78 is 31.5. The smallest absolute Gasteiger partial charge is 0.273 e. The molecule has 0 radical (unpaired) electrons. The van der Waals surface area contributed by atoms with E-state index in [4.69, 9.17) is 4.74 Å². The van der Waals surface area contributed by atoms with Gasteiger partial charge in [-0.1, -0.05) is 0 Å². The summed E-state index contributed by atoms with van der Waals surface area (Å²) in [5.74, 6) is -1.61. The Bertz CT molecular complexity index is 848. The van der Waals surface area contributed by atoms with Crippen molar-refractivity contribution in [1.29, 1.82) is 0 Å². The molecular formula is C13H7F2N3O2. The Morgan fingerprint density at radius 3 is 2.80 bits per heavy atom. The summed E-state index contributed by atoms with van der Waals surface area (Å²) in [6.45, 7) is 0. The van der Waals surface area contributed by atoms with Crippen LogP contribution in [0.1, 0.15) is 0 Å². The van der Waals surface area contributed by atoms with Crippen LogP contribution in [0.3, 0.4) is 0 Å². The summed E-state index contributed by atoms with van der Waals surface area (Å²) in [5, 5.41) is 6.22. The maximum absolute atomic E-state index is 13.5. The highest BCUT2D eigenvalue weighted by Crippen LogP contribution is 2.24. The van der Waals surface area contributed by atoms with Crippen LogP contribution in [-0.4, -0.2) is 15.2 Å². The number of halogens is 2. The Morgan fingerprint density at radius 2 is 2.00 bits per heavy atom. The number of rotatable bonds is 2. The summed E-state index contributed by atoms with van der Waals surface area (Å²) in [6, 6.07) is 5.85. The quantitative estimate of drug-likeness (QED) is 0.779. The van der Waals surface area contributed by atoms with Gasteiger partial charge in [0.15, 0.2) is 11.6 Å². The fraction of sp³-hybridized carbons (Fsp3) is 0. The minimum atomic E-state index is -0.837. The molecule has 0 spiro atoms. The van der Waals surface area contributed by atoms with Gasteiger partial charge < -0.3 is 4.74 Å². The zero-order chi connectivity index (χ0) is 14.1. The van der Waals surface area contributed by atoms with Crippen molar-refractivity contribution in [3.8, 4) is 11.6 Å². The lowest BCUT2D eigenvalue weighted by Gasteiger charge is -2.06. The predicted octanol–water partition coefficient (Wildman–Crippen LogP) is 2.39. The van der Waals surface area contributed by atoms with Gasteiger partial charge in [-0.2, -0.15) is 5.10 Å². The van der Waals surface area contributed by atoms with Crippen molar-refractivity contribution < 1.29 is 13.5 Å². The van der Waals surface area contributed by atoms with E-state index in [2.05, 4.69) is 15.2 Å². The number of ether oxygens (including phenoxy) is 1. The third-order valence-electron chi connectivity index (χ3n) is 2.61. The monoisotopic (exact) mass is 275 g/mol. The second-order valence-corrected chi connectivity index (χ2v) is 3.96. The normalized spacial score (nSPS) is 10.7. The largest absolute Gasteiger partial charge is 0.436 e. The number of hydrogen-bond acceptors (Lipinski definition) is 4. The van der Waals surface area contributed by atoms with Crippen molar-refractivity contribution in [2.75, 3.05) is 0 Å². The van der Waals surface area contributed by atoms with Crippen LogP contribution >= 0.6 is 0 Å². The minimum absolute atomic E-state index is 0.0791. The van der Waals surface area contributed by atoms with Crippen LogP contribution in [-0.2, 0) is 0 Å². The van der Waals surface area contributed by atoms with Gasteiger partial charge in [0.05, 0.1) is 17.1 Å². The lowest BCUT2D eigenvalue weighted by Crippen LogP contribution is -2.08. The average Bonchev–Trinajstić information content (AvgIpc) is 2.42. The molecule has 2 heterocycles. The molecule has 0 aliphatic carbocycles. The van der Waals surface area contributed by atoms with Gasteiger partial charge in [-0.3, -0.25) is 4.79 Å². The number of H-pyrrole nitrogens is 1. The highest BCUT2D eigenvalue weighted by atomic mass is 19.1. The molecule has 0 saturated heterocycles. The van der Waals surface area contributed by atoms with Crippen molar-refractivity contribution in [2.45, 2.75) is 0 Å². The van der Waals surface area contributed by atoms with Gasteiger partial charge in [-0.15, -0.1) is 0 Å². The number of pyridine rings is 1. The van der Waals surface area contributed by atoms with E-state index in [1.165, 1.54) is 18.3 Å². The topological polar surface area (TPSA) is 67.9 Å². The van der Waals surface area contributed by atoms with Crippen molar-refractivity contribution in [3.63, 3.8) is 0 Å². The lowest BCUT2D eigenvalue weighted by atomic mass is 10.3. The first-order valence-electron chi connectivity index (χ1n) is 5.61. The van der Waals surface area contributed by atoms with Crippen molar-refractivity contribution in [1.82, 2.24) is 15.2 Å².